The molecular weight excluding hydrogens is 206 g/mol. The highest BCUT2D eigenvalue weighted by atomic mass is 79.9. The fraction of sp³-hybridized carbons (Fsp3) is 0.429. The zero-order valence-corrected chi connectivity index (χ0v) is 7.93. The van der Waals surface area contributed by atoms with Gasteiger partial charge in [0.2, 0.25) is 0 Å². The van der Waals surface area contributed by atoms with E-state index < -0.39 is 0 Å². The number of halogens is 1. The molecule has 2 N–H and O–H groups in total. The number of nitrogen functional groups attached to an aromatic ring is 1. The Kier molecular flexibility index (Phi) is 2.82. The molecule has 0 saturated heterocycles. The van der Waals surface area contributed by atoms with Crippen molar-refractivity contribution in [1.82, 2.24) is 9.97 Å². The van der Waals surface area contributed by atoms with Crippen LogP contribution in [0.5, 0.6) is 0 Å². The van der Waals surface area contributed by atoms with Crippen LogP contribution in [0.3, 0.4) is 0 Å². The second-order valence-electron chi connectivity index (χ2n) is 2.27. The summed E-state index contributed by atoms with van der Waals surface area (Å²) < 4.78 is 0.835. The molecule has 1 heterocycles. The first-order chi connectivity index (χ1) is 5.25. The second-order valence-corrected chi connectivity index (χ2v) is 3.06. The van der Waals surface area contributed by atoms with Crippen LogP contribution < -0.4 is 5.73 Å². The number of aromatic nitrogens is 2. The Hall–Kier alpha value is -0.640. The molecule has 0 aliphatic heterocycles. The van der Waals surface area contributed by atoms with Gasteiger partial charge in [0, 0.05) is 0 Å². The zero-order chi connectivity index (χ0) is 8.27. The van der Waals surface area contributed by atoms with E-state index in [-0.39, 0.29) is 0 Å². The molecule has 0 atom stereocenters. The third-order valence-electron chi connectivity index (χ3n) is 1.38. The molecular formula is C7H10BrN3. The SMILES string of the molecule is CCCc1ncnc(N)c1Br. The lowest BCUT2D eigenvalue weighted by molar-refractivity contribution is 0.867. The van der Waals surface area contributed by atoms with Gasteiger partial charge in [0.25, 0.3) is 0 Å². The van der Waals surface area contributed by atoms with Gasteiger partial charge in [-0.25, -0.2) is 9.97 Å². The first-order valence-electron chi connectivity index (χ1n) is 3.50. The summed E-state index contributed by atoms with van der Waals surface area (Å²) in [6.07, 6.45) is 3.49. The van der Waals surface area contributed by atoms with E-state index in [4.69, 9.17) is 5.73 Å². The summed E-state index contributed by atoms with van der Waals surface area (Å²) in [6, 6.07) is 0. The van der Waals surface area contributed by atoms with Crippen molar-refractivity contribution >= 4 is 21.7 Å². The minimum atomic E-state index is 0.517. The third kappa shape index (κ3) is 1.89. The fourth-order valence-electron chi connectivity index (χ4n) is 0.833. The van der Waals surface area contributed by atoms with E-state index in [1.165, 1.54) is 6.33 Å². The molecule has 3 nitrogen and oxygen atoms in total. The van der Waals surface area contributed by atoms with Gasteiger partial charge in [0.15, 0.2) is 0 Å². The van der Waals surface area contributed by atoms with E-state index in [9.17, 15) is 0 Å². The third-order valence-corrected chi connectivity index (χ3v) is 2.24. The lowest BCUT2D eigenvalue weighted by Gasteiger charge is -2.01. The summed E-state index contributed by atoms with van der Waals surface area (Å²) in [5, 5.41) is 0. The maximum Gasteiger partial charge on any atom is 0.141 e. The predicted octanol–water partition coefficient (Wildman–Crippen LogP) is 1.77. The fourth-order valence-corrected chi connectivity index (χ4v) is 1.24. The van der Waals surface area contributed by atoms with Crippen molar-refractivity contribution in [3.05, 3.63) is 16.5 Å². The number of aryl methyl sites for hydroxylation is 1. The first kappa shape index (κ1) is 8.46. The number of rotatable bonds is 2. The van der Waals surface area contributed by atoms with Gasteiger partial charge < -0.3 is 5.73 Å². The maximum atomic E-state index is 5.55. The highest BCUT2D eigenvalue weighted by molar-refractivity contribution is 9.10. The molecule has 1 rings (SSSR count). The van der Waals surface area contributed by atoms with Crippen LogP contribution in [0.1, 0.15) is 19.0 Å². The van der Waals surface area contributed by atoms with E-state index in [2.05, 4.69) is 32.8 Å². The van der Waals surface area contributed by atoms with E-state index in [1.54, 1.807) is 0 Å². The van der Waals surface area contributed by atoms with Gasteiger partial charge in [-0.2, -0.15) is 0 Å². The van der Waals surface area contributed by atoms with Crippen LogP contribution in [0.2, 0.25) is 0 Å². The van der Waals surface area contributed by atoms with Crippen LogP contribution in [0, 0.1) is 0 Å². The van der Waals surface area contributed by atoms with Gasteiger partial charge in [-0.3, -0.25) is 0 Å². The van der Waals surface area contributed by atoms with E-state index in [0.717, 1.165) is 23.0 Å². The number of nitrogens with two attached hydrogens (primary N) is 1. The minimum absolute atomic E-state index is 0.517. The molecule has 4 heteroatoms. The molecule has 0 bridgehead atoms. The average Bonchev–Trinajstić information content (AvgIpc) is 1.99. The van der Waals surface area contributed by atoms with Crippen molar-refractivity contribution in [2.45, 2.75) is 19.8 Å². The molecule has 0 amide bonds. The van der Waals surface area contributed by atoms with E-state index >= 15 is 0 Å². The largest absolute Gasteiger partial charge is 0.383 e. The van der Waals surface area contributed by atoms with Crippen LogP contribution >= 0.6 is 15.9 Å². The maximum absolute atomic E-state index is 5.55. The highest BCUT2D eigenvalue weighted by Gasteiger charge is 2.03. The lowest BCUT2D eigenvalue weighted by Crippen LogP contribution is -1.98. The molecule has 0 aliphatic carbocycles. The molecule has 0 unspecified atom stereocenters. The number of anilines is 1. The summed E-state index contributed by atoms with van der Waals surface area (Å²) in [5.74, 6) is 0.517. The van der Waals surface area contributed by atoms with E-state index in [0.29, 0.717) is 5.82 Å². The quantitative estimate of drug-likeness (QED) is 0.819. The standard InChI is InChI=1S/C7H10BrN3/c1-2-3-5-6(8)7(9)11-4-10-5/h4H,2-3H2,1H3,(H2,9,10,11). The Morgan fingerprint density at radius 2 is 2.27 bits per heavy atom. The topological polar surface area (TPSA) is 51.8 Å². The van der Waals surface area contributed by atoms with Gasteiger partial charge in [0.05, 0.1) is 10.2 Å². The van der Waals surface area contributed by atoms with Crippen molar-refractivity contribution in [3.63, 3.8) is 0 Å². The molecule has 0 spiro atoms. The molecule has 0 radical (unpaired) electrons. The molecule has 0 saturated carbocycles. The predicted molar refractivity (Wildman–Crippen MR) is 48.1 cm³/mol. The van der Waals surface area contributed by atoms with Gasteiger partial charge in [-0.15, -0.1) is 0 Å². The molecule has 0 aromatic carbocycles. The normalized spacial score (nSPS) is 10.0. The molecule has 1 aromatic heterocycles. The summed E-state index contributed by atoms with van der Waals surface area (Å²) >= 11 is 3.33. The van der Waals surface area contributed by atoms with Gasteiger partial charge >= 0.3 is 0 Å². The molecule has 1 aromatic rings. The van der Waals surface area contributed by atoms with E-state index in [1.807, 2.05) is 0 Å². The van der Waals surface area contributed by atoms with Crippen molar-refractivity contribution in [3.8, 4) is 0 Å². The van der Waals surface area contributed by atoms with Crippen LogP contribution in [0.4, 0.5) is 5.82 Å². The smallest absolute Gasteiger partial charge is 0.141 e. The molecule has 60 valence electrons. The van der Waals surface area contributed by atoms with Crippen molar-refractivity contribution in [2.24, 2.45) is 0 Å². The van der Waals surface area contributed by atoms with Gasteiger partial charge in [-0.1, -0.05) is 13.3 Å². The van der Waals surface area contributed by atoms with Crippen LogP contribution in [0.15, 0.2) is 10.8 Å². The van der Waals surface area contributed by atoms with Crippen molar-refractivity contribution in [1.29, 1.82) is 0 Å². The Morgan fingerprint density at radius 3 is 2.91 bits per heavy atom. The average molecular weight is 216 g/mol. The summed E-state index contributed by atoms with van der Waals surface area (Å²) in [4.78, 5) is 7.93. The molecule has 11 heavy (non-hydrogen) atoms. The lowest BCUT2D eigenvalue weighted by atomic mass is 10.2. The van der Waals surface area contributed by atoms with Crippen LogP contribution in [0.25, 0.3) is 0 Å². The first-order valence-corrected chi connectivity index (χ1v) is 4.29. The Balaban J connectivity index is 2.96. The Morgan fingerprint density at radius 1 is 1.55 bits per heavy atom. The second kappa shape index (κ2) is 3.67. The minimum Gasteiger partial charge on any atom is -0.383 e. The van der Waals surface area contributed by atoms with Gasteiger partial charge in [-0.05, 0) is 22.4 Å². The number of hydrogen-bond donors (Lipinski definition) is 1. The van der Waals surface area contributed by atoms with Crippen LogP contribution in [-0.2, 0) is 6.42 Å². The van der Waals surface area contributed by atoms with Crippen LogP contribution in [-0.4, -0.2) is 9.97 Å². The summed E-state index contributed by atoms with van der Waals surface area (Å²) in [6.45, 7) is 2.10. The molecule has 0 aliphatic rings. The van der Waals surface area contributed by atoms with Crippen molar-refractivity contribution in [2.75, 3.05) is 5.73 Å². The Labute approximate surface area is 74.2 Å². The zero-order valence-electron chi connectivity index (χ0n) is 6.34. The molecule has 0 fully saturated rings. The summed E-state index contributed by atoms with van der Waals surface area (Å²) in [7, 11) is 0. The highest BCUT2D eigenvalue weighted by Crippen LogP contribution is 2.20. The van der Waals surface area contributed by atoms with Crippen molar-refractivity contribution < 1.29 is 0 Å². The van der Waals surface area contributed by atoms with Gasteiger partial charge in [0.1, 0.15) is 12.1 Å². The number of nitrogens with zero attached hydrogens (tertiary/aromatic N) is 2. The Bertz CT molecular complexity index is 249. The monoisotopic (exact) mass is 215 g/mol. The number of hydrogen-bond acceptors (Lipinski definition) is 3. The summed E-state index contributed by atoms with van der Waals surface area (Å²) in [5.41, 5.74) is 6.54.